The van der Waals surface area contributed by atoms with Crippen molar-refractivity contribution in [1.82, 2.24) is 5.32 Å². The number of carbonyl (C=O) groups is 1. The van der Waals surface area contributed by atoms with E-state index in [9.17, 15) is 4.79 Å². The van der Waals surface area contributed by atoms with Crippen molar-refractivity contribution in [3.8, 4) is 0 Å². The monoisotopic (exact) mass is 229 g/mol. The summed E-state index contributed by atoms with van der Waals surface area (Å²) in [6.45, 7) is 12.9. The quantitative estimate of drug-likeness (QED) is 0.737. The summed E-state index contributed by atoms with van der Waals surface area (Å²) < 4.78 is 4.78. The van der Waals surface area contributed by atoms with Gasteiger partial charge in [0.15, 0.2) is 0 Å². The molecule has 0 aliphatic rings. The second-order valence-corrected chi connectivity index (χ2v) is 6.25. The van der Waals surface area contributed by atoms with Crippen LogP contribution in [-0.2, 0) is 9.53 Å². The topological polar surface area (TPSA) is 38.3 Å². The van der Waals surface area contributed by atoms with Gasteiger partial charge < -0.3 is 4.74 Å². The summed E-state index contributed by atoms with van der Waals surface area (Å²) in [6, 6.07) is -0.206. The van der Waals surface area contributed by atoms with Crippen LogP contribution in [0.5, 0.6) is 0 Å². The van der Waals surface area contributed by atoms with Gasteiger partial charge >= 0.3 is 5.97 Å². The standard InChI is InChI=1S/C13H27NO2/c1-8-10(11(15)16-7)14-13(5,6)9-12(2,3)4/h10,14H,8-9H2,1-7H3. The Bertz CT molecular complexity index is 229. The van der Waals surface area contributed by atoms with Gasteiger partial charge in [0, 0.05) is 5.54 Å². The Morgan fingerprint density at radius 1 is 1.25 bits per heavy atom. The van der Waals surface area contributed by atoms with Crippen molar-refractivity contribution in [2.24, 2.45) is 5.41 Å². The van der Waals surface area contributed by atoms with E-state index in [1.165, 1.54) is 7.11 Å². The largest absolute Gasteiger partial charge is 0.468 e. The van der Waals surface area contributed by atoms with Crippen LogP contribution < -0.4 is 5.32 Å². The fourth-order valence-electron chi connectivity index (χ4n) is 2.32. The molecule has 3 nitrogen and oxygen atoms in total. The van der Waals surface area contributed by atoms with Gasteiger partial charge in [-0.15, -0.1) is 0 Å². The van der Waals surface area contributed by atoms with Crippen molar-refractivity contribution in [3.05, 3.63) is 0 Å². The van der Waals surface area contributed by atoms with Gasteiger partial charge in [-0.3, -0.25) is 10.1 Å². The molecule has 0 aromatic rings. The molecule has 0 saturated carbocycles. The number of nitrogens with one attached hydrogen (secondary N) is 1. The van der Waals surface area contributed by atoms with Crippen LogP contribution >= 0.6 is 0 Å². The third-order valence-electron chi connectivity index (χ3n) is 2.43. The van der Waals surface area contributed by atoms with Gasteiger partial charge in [-0.2, -0.15) is 0 Å². The SMILES string of the molecule is CCC(NC(C)(C)CC(C)(C)C)C(=O)OC. The summed E-state index contributed by atoms with van der Waals surface area (Å²) in [5.74, 6) is -0.176. The molecule has 0 spiro atoms. The van der Waals surface area contributed by atoms with Crippen LogP contribution in [-0.4, -0.2) is 24.7 Å². The molecule has 0 heterocycles. The minimum Gasteiger partial charge on any atom is -0.468 e. The molecule has 0 radical (unpaired) electrons. The van der Waals surface area contributed by atoms with Crippen LogP contribution in [0.1, 0.15) is 54.4 Å². The lowest BCUT2D eigenvalue weighted by atomic mass is 9.81. The molecule has 0 amide bonds. The van der Waals surface area contributed by atoms with Gasteiger partial charge in [-0.05, 0) is 32.1 Å². The van der Waals surface area contributed by atoms with E-state index in [-0.39, 0.29) is 23.0 Å². The minimum atomic E-state index is -0.206. The van der Waals surface area contributed by atoms with Crippen molar-refractivity contribution >= 4 is 5.97 Å². The number of methoxy groups -OCH3 is 1. The molecule has 16 heavy (non-hydrogen) atoms. The Morgan fingerprint density at radius 2 is 1.75 bits per heavy atom. The van der Waals surface area contributed by atoms with Crippen molar-refractivity contribution < 1.29 is 9.53 Å². The maximum Gasteiger partial charge on any atom is 0.322 e. The average molecular weight is 229 g/mol. The zero-order valence-electron chi connectivity index (χ0n) is 11.8. The smallest absolute Gasteiger partial charge is 0.322 e. The Balaban J connectivity index is 4.48. The predicted octanol–water partition coefficient (Wildman–Crippen LogP) is 2.74. The molecule has 0 bridgehead atoms. The summed E-state index contributed by atoms with van der Waals surface area (Å²) in [5.41, 5.74) is 0.179. The van der Waals surface area contributed by atoms with E-state index in [1.807, 2.05) is 6.92 Å². The van der Waals surface area contributed by atoms with E-state index in [1.54, 1.807) is 0 Å². The Labute approximate surface area is 99.9 Å². The van der Waals surface area contributed by atoms with Gasteiger partial charge in [-0.1, -0.05) is 27.7 Å². The molecule has 0 aliphatic carbocycles. The maximum atomic E-state index is 11.5. The van der Waals surface area contributed by atoms with Crippen molar-refractivity contribution in [2.45, 2.75) is 66.0 Å². The molecule has 1 unspecified atom stereocenters. The third-order valence-corrected chi connectivity index (χ3v) is 2.43. The van der Waals surface area contributed by atoms with Crippen molar-refractivity contribution in [3.63, 3.8) is 0 Å². The minimum absolute atomic E-state index is 0.0624. The molecule has 0 saturated heterocycles. The lowest BCUT2D eigenvalue weighted by molar-refractivity contribution is -0.143. The number of carbonyl (C=O) groups excluding carboxylic acids is 1. The molecule has 1 atom stereocenters. The molecule has 1 N–H and O–H groups in total. The Morgan fingerprint density at radius 3 is 2.06 bits per heavy atom. The van der Waals surface area contributed by atoms with E-state index >= 15 is 0 Å². The van der Waals surface area contributed by atoms with Crippen molar-refractivity contribution in [1.29, 1.82) is 0 Å². The molecular formula is C13H27NO2. The Hall–Kier alpha value is -0.570. The highest BCUT2D eigenvalue weighted by atomic mass is 16.5. The molecular weight excluding hydrogens is 202 g/mol. The number of esters is 1. The van der Waals surface area contributed by atoms with Gasteiger partial charge in [0.25, 0.3) is 0 Å². The fraction of sp³-hybridized carbons (Fsp3) is 0.923. The molecule has 0 aromatic carbocycles. The summed E-state index contributed by atoms with van der Waals surface area (Å²) in [4.78, 5) is 11.5. The first-order chi connectivity index (χ1) is 7.11. The van der Waals surface area contributed by atoms with Crippen molar-refractivity contribution in [2.75, 3.05) is 7.11 Å². The number of hydrogen-bond donors (Lipinski definition) is 1. The van der Waals surface area contributed by atoms with Crippen LogP contribution in [0, 0.1) is 5.41 Å². The zero-order valence-corrected chi connectivity index (χ0v) is 11.8. The van der Waals surface area contributed by atoms with Crippen LogP contribution in [0.2, 0.25) is 0 Å². The Kier molecular flexibility index (Phi) is 5.47. The van der Waals surface area contributed by atoms with E-state index in [0.717, 1.165) is 12.8 Å². The van der Waals surface area contributed by atoms with E-state index in [2.05, 4.69) is 39.9 Å². The van der Waals surface area contributed by atoms with E-state index < -0.39 is 0 Å². The van der Waals surface area contributed by atoms with E-state index in [0.29, 0.717) is 0 Å². The first kappa shape index (κ1) is 15.4. The predicted molar refractivity (Wildman–Crippen MR) is 67.4 cm³/mol. The summed E-state index contributed by atoms with van der Waals surface area (Å²) in [7, 11) is 1.43. The van der Waals surface area contributed by atoms with E-state index in [4.69, 9.17) is 4.74 Å². The molecule has 96 valence electrons. The molecule has 0 aromatic heterocycles. The average Bonchev–Trinajstić information content (AvgIpc) is 2.09. The van der Waals surface area contributed by atoms with Crippen LogP contribution in [0.25, 0.3) is 0 Å². The molecule has 0 fully saturated rings. The second kappa shape index (κ2) is 5.67. The highest BCUT2D eigenvalue weighted by Crippen LogP contribution is 2.27. The lowest BCUT2D eigenvalue weighted by Gasteiger charge is -2.35. The zero-order chi connectivity index (χ0) is 13.0. The second-order valence-electron chi connectivity index (χ2n) is 6.25. The van der Waals surface area contributed by atoms with Gasteiger partial charge in [0.1, 0.15) is 6.04 Å². The molecule has 0 rings (SSSR count). The van der Waals surface area contributed by atoms with Gasteiger partial charge in [-0.25, -0.2) is 0 Å². The fourth-order valence-corrected chi connectivity index (χ4v) is 2.32. The highest BCUT2D eigenvalue weighted by Gasteiger charge is 2.29. The summed E-state index contributed by atoms with van der Waals surface area (Å²) >= 11 is 0. The number of hydrogen-bond acceptors (Lipinski definition) is 3. The lowest BCUT2D eigenvalue weighted by Crippen LogP contribution is -2.51. The first-order valence-corrected chi connectivity index (χ1v) is 5.97. The summed E-state index contributed by atoms with van der Waals surface area (Å²) in [5, 5.41) is 3.38. The summed E-state index contributed by atoms with van der Waals surface area (Å²) in [6.07, 6.45) is 1.76. The highest BCUT2D eigenvalue weighted by molar-refractivity contribution is 5.75. The number of ether oxygens (including phenoxy) is 1. The van der Waals surface area contributed by atoms with Crippen LogP contribution in [0.4, 0.5) is 0 Å². The van der Waals surface area contributed by atoms with Gasteiger partial charge in [0.2, 0.25) is 0 Å². The van der Waals surface area contributed by atoms with Gasteiger partial charge in [0.05, 0.1) is 7.11 Å². The normalized spacial score (nSPS) is 14.7. The third kappa shape index (κ3) is 6.11. The maximum absolute atomic E-state index is 11.5. The number of rotatable bonds is 5. The molecule has 0 aliphatic heterocycles. The van der Waals surface area contributed by atoms with Crippen LogP contribution in [0.15, 0.2) is 0 Å². The molecule has 3 heteroatoms. The van der Waals surface area contributed by atoms with Crippen LogP contribution in [0.3, 0.4) is 0 Å². The first-order valence-electron chi connectivity index (χ1n) is 5.97.